The molecule has 0 spiro atoms. The van der Waals surface area contributed by atoms with Gasteiger partial charge in [0.25, 0.3) is 5.91 Å². The average Bonchev–Trinajstić information content (AvgIpc) is 2.77. The summed E-state index contributed by atoms with van der Waals surface area (Å²) in [5.74, 6) is -0.387. The van der Waals surface area contributed by atoms with Crippen LogP contribution in [0.5, 0.6) is 0 Å². The molecule has 3 rings (SSSR count). The number of esters is 1. The number of hydrogen-bond acceptors (Lipinski definition) is 6. The number of ether oxygens (including phenoxy) is 2. The number of morpholine rings is 1. The normalized spacial score (nSPS) is 19.5. The standard InChI is InChI=1S/C22H32N2O4S/c1-18-7-3-4-8-19(18)29-16-21(26)28-15-20(25)23-17-22(9-5-2-6-10-22)24-11-13-27-14-12-24/h3-4,7-8H,2,5-6,9-17H2,1H3,(H,23,25). The van der Waals surface area contributed by atoms with Gasteiger partial charge in [0.1, 0.15) is 0 Å². The van der Waals surface area contributed by atoms with Crippen molar-refractivity contribution in [3.63, 3.8) is 0 Å². The lowest BCUT2D eigenvalue weighted by molar-refractivity contribution is -0.146. The summed E-state index contributed by atoms with van der Waals surface area (Å²) < 4.78 is 10.7. The Balaban J connectivity index is 1.42. The molecule has 0 bridgehead atoms. The molecule has 0 atom stereocenters. The number of carbonyl (C=O) groups excluding carboxylic acids is 2. The van der Waals surface area contributed by atoms with E-state index < -0.39 is 0 Å². The Morgan fingerprint density at radius 3 is 2.62 bits per heavy atom. The maximum atomic E-state index is 12.3. The maximum Gasteiger partial charge on any atom is 0.316 e. The number of nitrogens with one attached hydrogen (secondary N) is 1. The largest absolute Gasteiger partial charge is 0.455 e. The predicted molar refractivity (Wildman–Crippen MR) is 114 cm³/mol. The van der Waals surface area contributed by atoms with Gasteiger partial charge in [-0.3, -0.25) is 14.5 Å². The minimum atomic E-state index is -0.367. The third-order valence-corrected chi connectivity index (χ3v) is 7.03. The van der Waals surface area contributed by atoms with E-state index in [0.717, 1.165) is 49.6 Å². The predicted octanol–water partition coefficient (Wildman–Crippen LogP) is 2.78. The second-order valence-electron chi connectivity index (χ2n) is 7.88. The van der Waals surface area contributed by atoms with Crippen LogP contribution < -0.4 is 5.32 Å². The Bertz CT molecular complexity index is 685. The van der Waals surface area contributed by atoms with Crippen molar-refractivity contribution in [3.05, 3.63) is 29.8 Å². The zero-order valence-electron chi connectivity index (χ0n) is 17.3. The fourth-order valence-corrected chi connectivity index (χ4v) is 5.04. The highest BCUT2D eigenvalue weighted by molar-refractivity contribution is 8.00. The molecule has 6 nitrogen and oxygen atoms in total. The first kappa shape index (κ1) is 22.1. The molecule has 1 aliphatic heterocycles. The first-order valence-electron chi connectivity index (χ1n) is 10.5. The van der Waals surface area contributed by atoms with Crippen molar-refractivity contribution in [2.75, 3.05) is 45.2 Å². The zero-order chi connectivity index (χ0) is 20.5. The first-order valence-corrected chi connectivity index (χ1v) is 11.5. The third-order valence-electron chi connectivity index (χ3n) is 5.88. The number of nitrogens with zero attached hydrogens (tertiary/aromatic N) is 1. The zero-order valence-corrected chi connectivity index (χ0v) is 18.1. The van der Waals surface area contributed by atoms with Gasteiger partial charge in [0.2, 0.25) is 0 Å². The monoisotopic (exact) mass is 420 g/mol. The topological polar surface area (TPSA) is 67.9 Å². The maximum absolute atomic E-state index is 12.3. The molecule has 0 radical (unpaired) electrons. The van der Waals surface area contributed by atoms with Gasteiger partial charge in [-0.2, -0.15) is 0 Å². The highest BCUT2D eigenvalue weighted by atomic mass is 32.2. The van der Waals surface area contributed by atoms with Crippen LogP contribution in [0.2, 0.25) is 0 Å². The lowest BCUT2D eigenvalue weighted by Gasteiger charge is -2.48. The minimum Gasteiger partial charge on any atom is -0.455 e. The molecular weight excluding hydrogens is 388 g/mol. The van der Waals surface area contributed by atoms with E-state index in [9.17, 15) is 9.59 Å². The lowest BCUT2D eigenvalue weighted by Crippen LogP contribution is -2.59. The van der Waals surface area contributed by atoms with Crippen LogP contribution in [0.25, 0.3) is 0 Å². The molecule has 0 unspecified atom stereocenters. The van der Waals surface area contributed by atoms with Crippen molar-refractivity contribution in [1.29, 1.82) is 0 Å². The number of rotatable bonds is 8. The summed E-state index contributed by atoms with van der Waals surface area (Å²) in [7, 11) is 0. The van der Waals surface area contributed by atoms with Gasteiger partial charge in [0, 0.05) is 30.1 Å². The van der Waals surface area contributed by atoms with Gasteiger partial charge < -0.3 is 14.8 Å². The Morgan fingerprint density at radius 2 is 1.90 bits per heavy atom. The molecule has 1 N–H and O–H groups in total. The van der Waals surface area contributed by atoms with Crippen LogP contribution in [-0.4, -0.2) is 67.5 Å². The molecule has 2 aliphatic rings. The number of aryl methyl sites for hydroxylation is 1. The van der Waals surface area contributed by atoms with Crippen LogP contribution in [0.15, 0.2) is 29.2 Å². The summed E-state index contributed by atoms with van der Waals surface area (Å²) >= 11 is 1.44. The third kappa shape index (κ3) is 6.46. The molecule has 1 aliphatic carbocycles. The molecule has 7 heteroatoms. The van der Waals surface area contributed by atoms with E-state index in [2.05, 4.69) is 10.2 Å². The fraction of sp³-hybridized carbons (Fsp3) is 0.636. The van der Waals surface area contributed by atoms with Crippen molar-refractivity contribution in [2.24, 2.45) is 0 Å². The van der Waals surface area contributed by atoms with Crippen molar-refractivity contribution < 1.29 is 19.1 Å². The van der Waals surface area contributed by atoms with Crippen LogP contribution in [0.1, 0.15) is 37.7 Å². The van der Waals surface area contributed by atoms with Gasteiger partial charge in [-0.15, -0.1) is 11.8 Å². The number of thioether (sulfide) groups is 1. The van der Waals surface area contributed by atoms with Crippen LogP contribution in [-0.2, 0) is 19.1 Å². The number of hydrogen-bond donors (Lipinski definition) is 1. The molecule has 1 saturated carbocycles. The van der Waals surface area contributed by atoms with Gasteiger partial charge in [0.05, 0.1) is 19.0 Å². The van der Waals surface area contributed by atoms with E-state index in [1.807, 2.05) is 31.2 Å². The molecule has 1 saturated heterocycles. The summed E-state index contributed by atoms with van der Waals surface area (Å²) in [6, 6.07) is 7.91. The van der Waals surface area contributed by atoms with Crippen molar-refractivity contribution >= 4 is 23.6 Å². The highest BCUT2D eigenvalue weighted by Crippen LogP contribution is 2.33. The summed E-state index contributed by atoms with van der Waals surface area (Å²) in [6.45, 7) is 5.75. The quantitative estimate of drug-likeness (QED) is 0.515. The van der Waals surface area contributed by atoms with Crippen LogP contribution in [0.3, 0.4) is 0 Å². The van der Waals surface area contributed by atoms with Gasteiger partial charge in [0.15, 0.2) is 6.61 Å². The second-order valence-corrected chi connectivity index (χ2v) is 8.89. The van der Waals surface area contributed by atoms with Gasteiger partial charge >= 0.3 is 5.97 Å². The Kier molecular flexibility index (Phi) is 8.39. The molecule has 160 valence electrons. The fourth-order valence-electron chi connectivity index (χ4n) is 4.21. The summed E-state index contributed by atoms with van der Waals surface area (Å²) in [4.78, 5) is 27.8. The molecule has 29 heavy (non-hydrogen) atoms. The Hall–Kier alpha value is -1.57. The van der Waals surface area contributed by atoms with E-state index in [1.165, 1.54) is 31.0 Å². The Labute approximate surface area is 177 Å². The molecular formula is C22H32N2O4S. The average molecular weight is 421 g/mol. The smallest absolute Gasteiger partial charge is 0.316 e. The van der Waals surface area contributed by atoms with Crippen molar-refractivity contribution in [3.8, 4) is 0 Å². The number of carbonyl (C=O) groups is 2. The lowest BCUT2D eigenvalue weighted by atomic mass is 9.79. The SMILES string of the molecule is Cc1ccccc1SCC(=O)OCC(=O)NCC1(N2CCOCC2)CCCCC1. The second kappa shape index (κ2) is 11.0. The van der Waals surface area contributed by atoms with Crippen LogP contribution in [0.4, 0.5) is 0 Å². The summed E-state index contributed by atoms with van der Waals surface area (Å²) in [5.41, 5.74) is 1.14. The minimum absolute atomic E-state index is 0.0163. The molecule has 1 aromatic rings. The number of amides is 1. The van der Waals surface area contributed by atoms with E-state index in [-0.39, 0.29) is 29.8 Å². The Morgan fingerprint density at radius 1 is 1.17 bits per heavy atom. The van der Waals surface area contributed by atoms with Gasteiger partial charge in [-0.05, 0) is 31.4 Å². The molecule has 1 heterocycles. The van der Waals surface area contributed by atoms with Crippen LogP contribution >= 0.6 is 11.8 Å². The number of benzene rings is 1. The molecule has 0 aromatic heterocycles. The molecule has 2 fully saturated rings. The van der Waals surface area contributed by atoms with Crippen LogP contribution in [0, 0.1) is 6.92 Å². The molecule has 1 amide bonds. The van der Waals surface area contributed by atoms with E-state index >= 15 is 0 Å². The summed E-state index contributed by atoms with van der Waals surface area (Å²) in [6.07, 6.45) is 5.84. The van der Waals surface area contributed by atoms with E-state index in [4.69, 9.17) is 9.47 Å². The van der Waals surface area contributed by atoms with E-state index in [0.29, 0.717) is 6.54 Å². The highest BCUT2D eigenvalue weighted by Gasteiger charge is 2.38. The van der Waals surface area contributed by atoms with Crippen molar-refractivity contribution in [1.82, 2.24) is 10.2 Å². The van der Waals surface area contributed by atoms with Crippen molar-refractivity contribution in [2.45, 2.75) is 49.5 Å². The van der Waals surface area contributed by atoms with Gasteiger partial charge in [-0.1, -0.05) is 37.5 Å². The van der Waals surface area contributed by atoms with Gasteiger partial charge in [-0.25, -0.2) is 0 Å². The molecule has 1 aromatic carbocycles. The van der Waals surface area contributed by atoms with E-state index in [1.54, 1.807) is 0 Å². The summed E-state index contributed by atoms with van der Waals surface area (Å²) in [5, 5.41) is 3.02. The first-order chi connectivity index (χ1) is 14.1.